The number of aromatic amines is 1. The molecule has 0 spiro atoms. The van der Waals surface area contributed by atoms with Gasteiger partial charge in [-0.25, -0.2) is 19.0 Å². The topological polar surface area (TPSA) is 114 Å². The summed E-state index contributed by atoms with van der Waals surface area (Å²) in [4.78, 5) is 35.8. The number of fused-ring (bicyclic) bond motifs is 2. The van der Waals surface area contributed by atoms with Gasteiger partial charge in [0.25, 0.3) is 0 Å². The molecule has 1 amide bonds. The number of halogens is 1. The zero-order valence-corrected chi connectivity index (χ0v) is 21.3. The highest BCUT2D eigenvalue weighted by molar-refractivity contribution is 7.15. The fourth-order valence-corrected chi connectivity index (χ4v) is 5.45. The smallest absolute Gasteiger partial charge is 0.227 e. The fourth-order valence-electron chi connectivity index (χ4n) is 4.58. The third-order valence-corrected chi connectivity index (χ3v) is 7.66. The number of H-pyrrole nitrogens is 1. The number of nitrogens with zero attached hydrogens (tertiary/aromatic N) is 6. The summed E-state index contributed by atoms with van der Waals surface area (Å²) in [5.74, 6) is -0.0495. The van der Waals surface area contributed by atoms with Gasteiger partial charge in [-0.15, -0.1) is 11.3 Å². The summed E-state index contributed by atoms with van der Waals surface area (Å²) in [6, 6.07) is 7.62. The lowest BCUT2D eigenvalue weighted by molar-refractivity contribution is -0.117. The molecule has 0 saturated heterocycles. The van der Waals surface area contributed by atoms with E-state index in [1.54, 1.807) is 43.0 Å². The Morgan fingerprint density at radius 1 is 1.16 bits per heavy atom. The van der Waals surface area contributed by atoms with Gasteiger partial charge in [0.15, 0.2) is 11.5 Å². The van der Waals surface area contributed by atoms with Crippen LogP contribution in [0.25, 0.3) is 55.3 Å². The first-order valence-corrected chi connectivity index (χ1v) is 13.0. The zero-order chi connectivity index (χ0) is 26.0. The predicted octanol–water partition coefficient (Wildman–Crippen LogP) is 5.49. The summed E-state index contributed by atoms with van der Waals surface area (Å²) in [6.07, 6.45) is 8.09. The van der Waals surface area contributed by atoms with Crippen molar-refractivity contribution < 1.29 is 9.18 Å². The van der Waals surface area contributed by atoms with Gasteiger partial charge in [-0.3, -0.25) is 14.8 Å². The lowest BCUT2D eigenvalue weighted by Crippen LogP contribution is -2.13. The van der Waals surface area contributed by atoms with Crippen LogP contribution in [-0.2, 0) is 11.8 Å². The summed E-state index contributed by atoms with van der Waals surface area (Å²) in [6.45, 7) is 2.05. The van der Waals surface area contributed by atoms with E-state index in [1.165, 1.54) is 15.8 Å². The summed E-state index contributed by atoms with van der Waals surface area (Å²) >= 11 is 1.64. The number of imidazole rings is 1. The molecule has 9 nitrogen and oxygen atoms in total. The number of carbonyl (C=O) groups is 1. The lowest BCUT2D eigenvalue weighted by Gasteiger charge is -2.08. The van der Waals surface area contributed by atoms with Gasteiger partial charge in [0, 0.05) is 47.6 Å². The summed E-state index contributed by atoms with van der Waals surface area (Å²) in [7, 11) is 1.72. The largest absolute Gasteiger partial charge is 0.336 e. The maximum Gasteiger partial charge on any atom is 0.227 e. The van der Waals surface area contributed by atoms with Crippen molar-refractivity contribution in [3.05, 3.63) is 59.7 Å². The summed E-state index contributed by atoms with van der Waals surface area (Å²) in [5.41, 5.74) is 4.26. The molecule has 0 radical (unpaired) electrons. The molecule has 6 heterocycles. The molecule has 38 heavy (non-hydrogen) atoms. The molecule has 1 aliphatic carbocycles. The molecule has 1 saturated carbocycles. The zero-order valence-electron chi connectivity index (χ0n) is 20.5. The molecule has 0 aromatic carbocycles. The van der Waals surface area contributed by atoms with Gasteiger partial charge in [0.2, 0.25) is 5.91 Å². The monoisotopic (exact) mass is 524 g/mol. The quantitative estimate of drug-likeness (QED) is 0.308. The second kappa shape index (κ2) is 8.52. The predicted molar refractivity (Wildman–Crippen MR) is 144 cm³/mol. The first kappa shape index (κ1) is 22.7. The Hall–Kier alpha value is -4.51. The maximum absolute atomic E-state index is 16.2. The number of pyridine rings is 3. The number of anilines is 1. The van der Waals surface area contributed by atoms with Crippen LogP contribution in [0.3, 0.4) is 0 Å². The molecular formula is C27H21FN8OS. The van der Waals surface area contributed by atoms with Gasteiger partial charge in [0.1, 0.15) is 22.7 Å². The highest BCUT2D eigenvalue weighted by atomic mass is 32.1. The second-order valence-corrected chi connectivity index (χ2v) is 10.7. The second-order valence-electron chi connectivity index (χ2n) is 9.43. The number of aromatic nitrogens is 7. The molecule has 188 valence electrons. The Kier molecular flexibility index (Phi) is 5.08. The SMILES string of the molecule is Cc1ccc(-c2nccc3[nH]c(-c4nn(C)c5ncc(-c6cncc(NC(=O)C7CC7)c6)c(F)c45)nc23)s1. The van der Waals surface area contributed by atoms with Crippen LogP contribution in [0.15, 0.2) is 49.1 Å². The van der Waals surface area contributed by atoms with Gasteiger partial charge in [0.05, 0.1) is 27.7 Å². The Morgan fingerprint density at radius 2 is 2.03 bits per heavy atom. The third kappa shape index (κ3) is 3.74. The minimum absolute atomic E-state index is 0.0380. The van der Waals surface area contributed by atoms with E-state index in [1.807, 2.05) is 25.1 Å². The molecule has 1 fully saturated rings. The van der Waals surface area contributed by atoms with Crippen LogP contribution >= 0.6 is 11.3 Å². The van der Waals surface area contributed by atoms with E-state index in [2.05, 4.69) is 30.4 Å². The normalized spacial score (nSPS) is 13.4. The minimum Gasteiger partial charge on any atom is -0.336 e. The number of hydrogen-bond acceptors (Lipinski definition) is 7. The van der Waals surface area contributed by atoms with E-state index >= 15 is 4.39 Å². The van der Waals surface area contributed by atoms with Crippen molar-refractivity contribution in [1.82, 2.24) is 34.7 Å². The fraction of sp³-hybridized carbons (Fsp3) is 0.185. The van der Waals surface area contributed by atoms with Crippen molar-refractivity contribution in [2.45, 2.75) is 19.8 Å². The van der Waals surface area contributed by atoms with Crippen molar-refractivity contribution in [1.29, 1.82) is 0 Å². The molecule has 0 bridgehead atoms. The van der Waals surface area contributed by atoms with Crippen molar-refractivity contribution in [3.8, 4) is 33.2 Å². The average Bonchev–Trinajstić information content (AvgIpc) is 3.39. The van der Waals surface area contributed by atoms with Crippen LogP contribution < -0.4 is 5.32 Å². The van der Waals surface area contributed by atoms with Gasteiger partial charge >= 0.3 is 0 Å². The van der Waals surface area contributed by atoms with Gasteiger partial charge < -0.3 is 10.3 Å². The number of carbonyl (C=O) groups excluding carboxylic acids is 1. The first-order chi connectivity index (χ1) is 18.5. The van der Waals surface area contributed by atoms with Crippen molar-refractivity contribution >= 4 is 45.0 Å². The molecule has 6 aromatic rings. The standard InChI is InChI=1S/C27H21FN8OS/c1-13-3-6-19(38-13)23-22-18(7-8-30-23)33-25(34-22)24-20-21(28)17(12-31-26(20)36(2)35-24)15-9-16(11-29-10-15)32-27(37)14-4-5-14/h3,6-12,14H,4-5H2,1-2H3,(H,32,37)(H,33,34). The van der Waals surface area contributed by atoms with E-state index in [0.717, 1.165) is 28.9 Å². The third-order valence-electron chi connectivity index (χ3n) is 6.65. The van der Waals surface area contributed by atoms with E-state index in [0.29, 0.717) is 33.9 Å². The van der Waals surface area contributed by atoms with Gasteiger partial charge in [-0.05, 0) is 44.0 Å². The van der Waals surface area contributed by atoms with Crippen LogP contribution in [0.2, 0.25) is 0 Å². The molecule has 1 aliphatic rings. The molecule has 0 aliphatic heterocycles. The number of thiophene rings is 1. The highest BCUT2D eigenvalue weighted by Crippen LogP contribution is 2.36. The number of hydrogen-bond donors (Lipinski definition) is 2. The molecule has 6 aromatic heterocycles. The summed E-state index contributed by atoms with van der Waals surface area (Å²) < 4.78 is 17.7. The molecule has 0 atom stereocenters. The molecule has 0 unspecified atom stereocenters. The number of aryl methyl sites for hydroxylation is 2. The van der Waals surface area contributed by atoms with Crippen LogP contribution in [0.1, 0.15) is 17.7 Å². The molecule has 11 heteroatoms. The average molecular weight is 525 g/mol. The Balaban J connectivity index is 1.35. The summed E-state index contributed by atoms with van der Waals surface area (Å²) in [5, 5.41) is 7.69. The number of nitrogens with one attached hydrogen (secondary N) is 2. The van der Waals surface area contributed by atoms with Crippen molar-refractivity contribution in [3.63, 3.8) is 0 Å². The van der Waals surface area contributed by atoms with E-state index in [9.17, 15) is 4.79 Å². The minimum atomic E-state index is -0.488. The van der Waals surface area contributed by atoms with Crippen LogP contribution in [0, 0.1) is 18.7 Å². The lowest BCUT2D eigenvalue weighted by atomic mass is 10.1. The Morgan fingerprint density at radius 3 is 2.82 bits per heavy atom. The van der Waals surface area contributed by atoms with E-state index in [4.69, 9.17) is 4.98 Å². The highest BCUT2D eigenvalue weighted by Gasteiger charge is 2.30. The first-order valence-electron chi connectivity index (χ1n) is 12.2. The number of amides is 1. The molecule has 2 N–H and O–H groups in total. The molecular weight excluding hydrogens is 503 g/mol. The van der Waals surface area contributed by atoms with E-state index in [-0.39, 0.29) is 22.8 Å². The van der Waals surface area contributed by atoms with Crippen LogP contribution in [0.5, 0.6) is 0 Å². The maximum atomic E-state index is 16.2. The van der Waals surface area contributed by atoms with Crippen LogP contribution in [-0.4, -0.2) is 40.6 Å². The van der Waals surface area contributed by atoms with Gasteiger partial charge in [-0.1, -0.05) is 0 Å². The van der Waals surface area contributed by atoms with Crippen molar-refractivity contribution in [2.24, 2.45) is 13.0 Å². The molecule has 7 rings (SSSR count). The number of rotatable bonds is 5. The Bertz CT molecular complexity index is 1880. The van der Waals surface area contributed by atoms with E-state index < -0.39 is 5.82 Å². The van der Waals surface area contributed by atoms with Crippen molar-refractivity contribution in [2.75, 3.05) is 5.32 Å². The Labute approximate surface area is 219 Å². The van der Waals surface area contributed by atoms with Gasteiger partial charge in [-0.2, -0.15) is 5.10 Å². The van der Waals surface area contributed by atoms with Crippen LogP contribution in [0.4, 0.5) is 10.1 Å².